The molecular weight excluding hydrogens is 366 g/mol. The minimum atomic E-state index is -3.31. The summed E-state index contributed by atoms with van der Waals surface area (Å²) in [6, 6.07) is 0.391. The summed E-state index contributed by atoms with van der Waals surface area (Å²) in [6.45, 7) is 7.00. The maximum atomic E-state index is 12.2. The van der Waals surface area contributed by atoms with Gasteiger partial charge in [0, 0.05) is 45.9 Å². The maximum Gasteiger partial charge on any atom is 0.213 e. The van der Waals surface area contributed by atoms with Crippen LogP contribution in [0.2, 0.25) is 0 Å². The van der Waals surface area contributed by atoms with Gasteiger partial charge in [-0.05, 0) is 45.1 Å². The van der Waals surface area contributed by atoms with Crippen LogP contribution in [0.3, 0.4) is 0 Å². The van der Waals surface area contributed by atoms with Crippen molar-refractivity contribution in [2.24, 2.45) is 4.99 Å². The molecule has 0 aromatic heterocycles. The molecular formula is C18H37N5O3S. The number of guanidine groups is 1. The van der Waals surface area contributed by atoms with Gasteiger partial charge in [0.1, 0.15) is 0 Å². The van der Waals surface area contributed by atoms with Gasteiger partial charge < -0.3 is 20.3 Å². The molecule has 0 spiro atoms. The molecule has 27 heavy (non-hydrogen) atoms. The Morgan fingerprint density at radius 3 is 2.63 bits per heavy atom. The molecule has 0 bridgehead atoms. The van der Waals surface area contributed by atoms with E-state index in [-0.39, 0.29) is 11.9 Å². The van der Waals surface area contributed by atoms with Crippen LogP contribution in [0, 0.1) is 0 Å². The molecule has 2 rings (SSSR count). The first kappa shape index (κ1) is 22.4. The number of likely N-dealkylation sites (tertiary alicyclic amines) is 1. The van der Waals surface area contributed by atoms with Crippen LogP contribution in [-0.2, 0) is 14.8 Å². The first-order valence-electron chi connectivity index (χ1n) is 10.3. The number of hydrogen-bond donors (Lipinski definition) is 3. The summed E-state index contributed by atoms with van der Waals surface area (Å²) in [6.07, 6.45) is 6.47. The number of nitrogens with zero attached hydrogens (tertiary/aromatic N) is 2. The molecule has 1 atom stereocenters. The second-order valence-electron chi connectivity index (χ2n) is 7.42. The molecule has 1 unspecified atom stereocenters. The van der Waals surface area contributed by atoms with Crippen LogP contribution in [0.25, 0.3) is 0 Å². The zero-order valence-corrected chi connectivity index (χ0v) is 17.7. The lowest BCUT2D eigenvalue weighted by atomic mass is 10.1. The summed E-state index contributed by atoms with van der Waals surface area (Å²) < 4.78 is 32.5. The van der Waals surface area contributed by atoms with Crippen molar-refractivity contribution in [3.05, 3.63) is 0 Å². The summed E-state index contributed by atoms with van der Waals surface area (Å²) in [5, 5.41) is 6.54. The van der Waals surface area contributed by atoms with Gasteiger partial charge in [0.2, 0.25) is 10.0 Å². The maximum absolute atomic E-state index is 12.2. The standard InChI is InChI=1S/C18H37N5O3S/c1-3-10-23-11-7-16(8-12-23)22-18(19-2)20-9-14-27(24,25)21-15-17-6-4-5-13-26-17/h16-17,21H,3-15H2,1-2H3,(H2,19,20,22). The van der Waals surface area contributed by atoms with Crippen molar-refractivity contribution in [2.45, 2.75) is 57.6 Å². The highest BCUT2D eigenvalue weighted by Crippen LogP contribution is 2.12. The minimum absolute atomic E-state index is 0.00879. The molecule has 2 aliphatic heterocycles. The van der Waals surface area contributed by atoms with Gasteiger partial charge in [-0.25, -0.2) is 13.1 Å². The number of piperidine rings is 1. The van der Waals surface area contributed by atoms with E-state index in [1.165, 1.54) is 6.42 Å². The smallest absolute Gasteiger partial charge is 0.213 e. The molecule has 0 radical (unpaired) electrons. The van der Waals surface area contributed by atoms with Crippen LogP contribution < -0.4 is 15.4 Å². The first-order chi connectivity index (χ1) is 13.0. The highest BCUT2D eigenvalue weighted by atomic mass is 32.2. The van der Waals surface area contributed by atoms with Crippen molar-refractivity contribution in [1.82, 2.24) is 20.3 Å². The predicted octanol–water partition coefficient (Wildman–Crippen LogP) is 0.514. The van der Waals surface area contributed by atoms with Crippen LogP contribution >= 0.6 is 0 Å². The van der Waals surface area contributed by atoms with Crippen LogP contribution in [0.4, 0.5) is 0 Å². The van der Waals surface area contributed by atoms with Crippen LogP contribution in [-0.4, -0.2) is 83.6 Å². The number of nitrogens with one attached hydrogen (secondary N) is 3. The van der Waals surface area contributed by atoms with Gasteiger partial charge in [0.05, 0.1) is 11.9 Å². The Hall–Kier alpha value is -0.900. The third-order valence-corrected chi connectivity index (χ3v) is 6.51. The van der Waals surface area contributed by atoms with Gasteiger partial charge in [-0.15, -0.1) is 0 Å². The Balaban J connectivity index is 1.63. The molecule has 0 aromatic carbocycles. The van der Waals surface area contributed by atoms with E-state index in [0.717, 1.165) is 58.3 Å². The van der Waals surface area contributed by atoms with Gasteiger partial charge >= 0.3 is 0 Å². The topological polar surface area (TPSA) is 95.1 Å². The minimum Gasteiger partial charge on any atom is -0.377 e. The SMILES string of the molecule is CCCN1CCC(NC(=NC)NCCS(=O)(=O)NCC2CCCCO2)CC1. The normalized spacial score (nSPS) is 23.3. The fourth-order valence-electron chi connectivity index (χ4n) is 3.57. The molecule has 2 saturated heterocycles. The number of sulfonamides is 1. The number of hydrogen-bond acceptors (Lipinski definition) is 5. The third kappa shape index (κ3) is 8.76. The fraction of sp³-hybridized carbons (Fsp3) is 0.944. The molecule has 0 aliphatic carbocycles. The molecule has 8 nitrogen and oxygen atoms in total. The second kappa shape index (κ2) is 11.8. The van der Waals surface area contributed by atoms with E-state index < -0.39 is 10.0 Å². The second-order valence-corrected chi connectivity index (χ2v) is 9.34. The number of aliphatic imine (C=N–C) groups is 1. The fourth-order valence-corrected chi connectivity index (χ4v) is 4.52. The van der Waals surface area contributed by atoms with Gasteiger partial charge in [-0.2, -0.15) is 0 Å². The molecule has 2 fully saturated rings. The van der Waals surface area contributed by atoms with Crippen molar-refractivity contribution < 1.29 is 13.2 Å². The summed E-state index contributed by atoms with van der Waals surface area (Å²) in [4.78, 5) is 6.71. The van der Waals surface area contributed by atoms with E-state index >= 15 is 0 Å². The Kier molecular flexibility index (Phi) is 9.81. The van der Waals surface area contributed by atoms with E-state index in [9.17, 15) is 8.42 Å². The van der Waals surface area contributed by atoms with Gasteiger partial charge in [0.15, 0.2) is 5.96 Å². The molecule has 2 heterocycles. The zero-order chi connectivity index (χ0) is 19.5. The predicted molar refractivity (Wildman–Crippen MR) is 110 cm³/mol. The summed E-state index contributed by atoms with van der Waals surface area (Å²) in [5.41, 5.74) is 0. The first-order valence-corrected chi connectivity index (χ1v) is 12.0. The van der Waals surface area contributed by atoms with Crippen LogP contribution in [0.1, 0.15) is 45.4 Å². The summed E-state index contributed by atoms with van der Waals surface area (Å²) >= 11 is 0. The highest BCUT2D eigenvalue weighted by Gasteiger charge is 2.20. The average molecular weight is 404 g/mol. The van der Waals surface area contributed by atoms with Crippen molar-refractivity contribution in [3.63, 3.8) is 0 Å². The third-order valence-electron chi connectivity index (χ3n) is 5.16. The van der Waals surface area contributed by atoms with Crippen molar-refractivity contribution in [3.8, 4) is 0 Å². The molecule has 158 valence electrons. The van der Waals surface area contributed by atoms with E-state index in [4.69, 9.17) is 4.74 Å². The molecule has 0 saturated carbocycles. The van der Waals surface area contributed by atoms with Gasteiger partial charge in [-0.3, -0.25) is 4.99 Å². The molecule has 0 aromatic rings. The zero-order valence-electron chi connectivity index (χ0n) is 16.9. The van der Waals surface area contributed by atoms with E-state index in [1.54, 1.807) is 7.05 Å². The Bertz CT molecular complexity index is 541. The van der Waals surface area contributed by atoms with Gasteiger partial charge in [-0.1, -0.05) is 6.92 Å². The molecule has 2 aliphatic rings. The summed E-state index contributed by atoms with van der Waals surface area (Å²) in [5.74, 6) is 0.699. The monoisotopic (exact) mass is 403 g/mol. The van der Waals surface area contributed by atoms with Gasteiger partial charge in [0.25, 0.3) is 0 Å². The van der Waals surface area contributed by atoms with Crippen molar-refractivity contribution in [2.75, 3.05) is 52.1 Å². The molecule has 0 amide bonds. The lowest BCUT2D eigenvalue weighted by molar-refractivity contribution is 0.0200. The quantitative estimate of drug-likeness (QED) is 0.384. The summed E-state index contributed by atoms with van der Waals surface area (Å²) in [7, 11) is -1.60. The molecule has 3 N–H and O–H groups in total. The van der Waals surface area contributed by atoms with Crippen LogP contribution in [0.5, 0.6) is 0 Å². The largest absolute Gasteiger partial charge is 0.377 e. The average Bonchev–Trinajstić information content (AvgIpc) is 2.68. The van der Waals surface area contributed by atoms with Crippen molar-refractivity contribution >= 4 is 16.0 Å². The Morgan fingerprint density at radius 2 is 2.00 bits per heavy atom. The Morgan fingerprint density at radius 1 is 1.22 bits per heavy atom. The van der Waals surface area contributed by atoms with E-state index in [1.807, 2.05) is 0 Å². The number of rotatable bonds is 9. The van der Waals surface area contributed by atoms with E-state index in [0.29, 0.717) is 25.1 Å². The highest BCUT2D eigenvalue weighted by molar-refractivity contribution is 7.89. The Labute approximate surface area is 164 Å². The number of ether oxygens (including phenoxy) is 1. The molecule has 9 heteroatoms. The lowest BCUT2D eigenvalue weighted by Crippen LogP contribution is -2.49. The van der Waals surface area contributed by atoms with Crippen LogP contribution in [0.15, 0.2) is 4.99 Å². The van der Waals surface area contributed by atoms with E-state index in [2.05, 4.69) is 32.2 Å². The van der Waals surface area contributed by atoms with Crippen molar-refractivity contribution in [1.29, 1.82) is 0 Å². The lowest BCUT2D eigenvalue weighted by Gasteiger charge is -2.32.